The van der Waals surface area contributed by atoms with Crippen molar-refractivity contribution in [3.63, 3.8) is 0 Å². The minimum atomic E-state index is -2.03. The van der Waals surface area contributed by atoms with Crippen LogP contribution in [-0.2, 0) is 14.2 Å². The van der Waals surface area contributed by atoms with Gasteiger partial charge in [-0.25, -0.2) is 9.59 Å². The van der Waals surface area contributed by atoms with Gasteiger partial charge in [0.1, 0.15) is 6.04 Å². The minimum Gasteiger partial charge on any atom is -0.493 e. The summed E-state index contributed by atoms with van der Waals surface area (Å²) >= 11 is 0. The molecule has 0 aromatic heterocycles. The van der Waals surface area contributed by atoms with Gasteiger partial charge < -0.3 is 28.4 Å². The Hall–Kier alpha value is -3.47. The van der Waals surface area contributed by atoms with E-state index >= 15 is 0 Å². The summed E-state index contributed by atoms with van der Waals surface area (Å²) in [6.07, 6.45) is 1.15. The van der Waals surface area contributed by atoms with Gasteiger partial charge >= 0.3 is 12.2 Å². The number of hydrogen-bond donors (Lipinski definition) is 0. The summed E-state index contributed by atoms with van der Waals surface area (Å²) in [7, 11) is 5.45. The van der Waals surface area contributed by atoms with Crippen LogP contribution in [0.2, 0.25) is 0 Å². The number of Topliss-reactive ketones (excluding diaryl/α,β-unsaturated/α-hetero) is 1. The zero-order chi connectivity index (χ0) is 23.6. The molecule has 4 rings (SSSR count). The highest BCUT2D eigenvalue weighted by Gasteiger charge is 2.59. The highest BCUT2D eigenvalue weighted by molar-refractivity contribution is 6.10. The molecule has 0 fully saturated rings. The molecule has 0 N–H and O–H groups in total. The summed E-state index contributed by atoms with van der Waals surface area (Å²) in [5, 5.41) is 1.83. The van der Waals surface area contributed by atoms with Gasteiger partial charge in [0.25, 0.3) is 0 Å². The molecule has 1 aromatic rings. The smallest absolute Gasteiger partial charge is 0.432 e. The quantitative estimate of drug-likeness (QED) is 0.604. The second-order valence-electron chi connectivity index (χ2n) is 6.70. The molecule has 0 saturated heterocycles. The molecule has 11 heteroatoms. The zero-order valence-electron chi connectivity index (χ0n) is 18.8. The Kier molecular flexibility index (Phi) is 6.49. The lowest BCUT2D eigenvalue weighted by Gasteiger charge is -2.46. The molecule has 1 aliphatic carbocycles. The number of carbonyl (C=O) groups is 3. The van der Waals surface area contributed by atoms with Gasteiger partial charge in [0.15, 0.2) is 11.5 Å². The van der Waals surface area contributed by atoms with Crippen LogP contribution < -0.4 is 14.2 Å². The number of carbonyl (C=O) groups excluding carboxylic acids is 3. The Bertz CT molecular complexity index is 961. The summed E-state index contributed by atoms with van der Waals surface area (Å²) in [4.78, 5) is 40.0. The first-order chi connectivity index (χ1) is 15.4. The SMILES string of the molecule is CCOC(=O)N1[C@H]2C=C[C@](OC)(C(=O)c3c2cc(OC)c(OC)c3OC)N1C(=O)OCC. The van der Waals surface area contributed by atoms with E-state index in [0.29, 0.717) is 5.56 Å². The van der Waals surface area contributed by atoms with E-state index < -0.39 is 29.7 Å². The van der Waals surface area contributed by atoms with E-state index in [-0.39, 0.29) is 36.0 Å². The molecule has 174 valence electrons. The van der Waals surface area contributed by atoms with Gasteiger partial charge in [-0.1, -0.05) is 6.08 Å². The van der Waals surface area contributed by atoms with Gasteiger partial charge in [-0.15, -0.1) is 0 Å². The second kappa shape index (κ2) is 8.95. The predicted molar refractivity (Wildman–Crippen MR) is 110 cm³/mol. The maximum absolute atomic E-state index is 14.0. The van der Waals surface area contributed by atoms with Crippen molar-refractivity contribution in [3.8, 4) is 17.2 Å². The molecule has 2 aliphatic heterocycles. The molecular weight excluding hydrogens is 424 g/mol. The van der Waals surface area contributed by atoms with Crippen molar-refractivity contribution in [3.05, 3.63) is 29.3 Å². The maximum Gasteiger partial charge on any atom is 0.432 e. The highest BCUT2D eigenvalue weighted by atomic mass is 16.6. The number of ether oxygens (including phenoxy) is 6. The predicted octanol–water partition coefficient (Wildman–Crippen LogP) is 2.69. The van der Waals surface area contributed by atoms with Crippen molar-refractivity contribution in [2.75, 3.05) is 41.7 Å². The Morgan fingerprint density at radius 1 is 0.969 bits per heavy atom. The molecule has 0 unspecified atom stereocenters. The van der Waals surface area contributed by atoms with Crippen LogP contribution in [-0.4, -0.2) is 75.4 Å². The molecule has 0 saturated carbocycles. The van der Waals surface area contributed by atoms with Crippen molar-refractivity contribution < 1.29 is 42.8 Å². The fourth-order valence-corrected chi connectivity index (χ4v) is 3.93. The lowest BCUT2D eigenvalue weighted by molar-refractivity contribution is -0.158. The average molecular weight is 450 g/mol. The van der Waals surface area contributed by atoms with Crippen LogP contribution in [0.1, 0.15) is 35.8 Å². The Balaban J connectivity index is 2.40. The van der Waals surface area contributed by atoms with Crippen molar-refractivity contribution in [1.29, 1.82) is 0 Å². The topological polar surface area (TPSA) is 113 Å². The molecule has 2 atom stereocenters. The van der Waals surface area contributed by atoms with Crippen molar-refractivity contribution in [2.24, 2.45) is 0 Å². The molecule has 2 bridgehead atoms. The number of amides is 2. The van der Waals surface area contributed by atoms with Crippen molar-refractivity contribution in [2.45, 2.75) is 25.6 Å². The number of methoxy groups -OCH3 is 4. The number of hydrazine groups is 1. The van der Waals surface area contributed by atoms with Gasteiger partial charge in [-0.3, -0.25) is 4.79 Å². The van der Waals surface area contributed by atoms with Gasteiger partial charge in [-0.2, -0.15) is 10.0 Å². The number of fused-ring (bicyclic) bond motifs is 1. The van der Waals surface area contributed by atoms with Gasteiger partial charge in [0, 0.05) is 7.11 Å². The normalized spacial score (nSPS) is 21.1. The molecule has 32 heavy (non-hydrogen) atoms. The first kappa shape index (κ1) is 23.2. The Morgan fingerprint density at radius 3 is 2.12 bits per heavy atom. The van der Waals surface area contributed by atoms with E-state index in [1.165, 1.54) is 34.5 Å². The first-order valence-corrected chi connectivity index (χ1v) is 9.91. The minimum absolute atomic E-state index is 0.00623. The summed E-state index contributed by atoms with van der Waals surface area (Å²) in [6.45, 7) is 3.28. The summed E-state index contributed by atoms with van der Waals surface area (Å²) in [5.74, 6) is -0.129. The maximum atomic E-state index is 14.0. The van der Waals surface area contributed by atoms with Crippen LogP contribution >= 0.6 is 0 Å². The first-order valence-electron chi connectivity index (χ1n) is 9.91. The molecule has 0 radical (unpaired) electrons. The van der Waals surface area contributed by atoms with E-state index in [1.807, 2.05) is 0 Å². The van der Waals surface area contributed by atoms with E-state index in [2.05, 4.69) is 0 Å². The second-order valence-corrected chi connectivity index (χ2v) is 6.70. The van der Waals surface area contributed by atoms with Crippen LogP contribution in [0.5, 0.6) is 17.2 Å². The summed E-state index contributed by atoms with van der Waals surface area (Å²) < 4.78 is 32.3. The van der Waals surface area contributed by atoms with E-state index in [0.717, 1.165) is 10.0 Å². The Morgan fingerprint density at radius 2 is 1.59 bits per heavy atom. The van der Waals surface area contributed by atoms with Gasteiger partial charge in [-0.05, 0) is 31.6 Å². The lowest BCUT2D eigenvalue weighted by Crippen LogP contribution is -2.66. The zero-order valence-corrected chi connectivity index (χ0v) is 18.8. The van der Waals surface area contributed by atoms with Crippen molar-refractivity contribution in [1.82, 2.24) is 10.0 Å². The fraction of sp³-hybridized carbons (Fsp3) is 0.476. The fourth-order valence-electron chi connectivity index (χ4n) is 3.93. The number of rotatable bonds is 6. The largest absolute Gasteiger partial charge is 0.493 e. The average Bonchev–Trinajstić information content (AvgIpc) is 2.97. The number of hydrogen-bond acceptors (Lipinski definition) is 9. The lowest BCUT2D eigenvalue weighted by atomic mass is 9.95. The third-order valence-corrected chi connectivity index (χ3v) is 5.24. The van der Waals surface area contributed by atoms with Crippen LogP contribution in [0.25, 0.3) is 0 Å². The van der Waals surface area contributed by atoms with E-state index in [4.69, 9.17) is 28.4 Å². The van der Waals surface area contributed by atoms with Crippen LogP contribution in [0.15, 0.2) is 18.2 Å². The standard InChI is InChI=1S/C21H26N2O9/c1-7-31-19(25)22-13-9-10-21(30-6,23(22)20(26)32-8-2)18(24)15-12(13)11-14(27-3)16(28-4)17(15)29-5/h9-11,13H,7-8H2,1-6H3/t13-,21-/m0/s1. The van der Waals surface area contributed by atoms with Gasteiger partial charge in [0.2, 0.25) is 17.3 Å². The number of nitrogens with zero attached hydrogens (tertiary/aromatic N) is 2. The number of benzene rings is 1. The number of ketones is 1. The summed E-state index contributed by atoms with van der Waals surface area (Å²) in [5.41, 5.74) is -1.63. The van der Waals surface area contributed by atoms with Crippen LogP contribution in [0.3, 0.4) is 0 Å². The molecule has 0 spiro atoms. The highest BCUT2D eigenvalue weighted by Crippen LogP contribution is 2.51. The monoisotopic (exact) mass is 450 g/mol. The van der Waals surface area contributed by atoms with E-state index in [9.17, 15) is 14.4 Å². The van der Waals surface area contributed by atoms with Gasteiger partial charge in [0.05, 0.1) is 40.1 Å². The molecule has 11 nitrogen and oxygen atoms in total. The molecule has 2 amide bonds. The third kappa shape index (κ3) is 3.20. The van der Waals surface area contributed by atoms with E-state index in [1.54, 1.807) is 26.0 Å². The summed E-state index contributed by atoms with van der Waals surface area (Å²) in [6, 6.07) is 0.618. The molecular formula is C21H26N2O9. The molecule has 3 aliphatic rings. The van der Waals surface area contributed by atoms with Crippen LogP contribution in [0.4, 0.5) is 9.59 Å². The van der Waals surface area contributed by atoms with Crippen LogP contribution in [0, 0.1) is 0 Å². The molecule has 2 heterocycles. The van der Waals surface area contributed by atoms with Crippen molar-refractivity contribution >= 4 is 18.0 Å². The Labute approximate surface area is 185 Å². The molecule has 1 aromatic carbocycles. The third-order valence-electron chi connectivity index (χ3n) is 5.24.